The van der Waals surface area contributed by atoms with Crippen molar-refractivity contribution in [2.45, 2.75) is 78.4 Å². The first kappa shape index (κ1) is 25.0. The summed E-state index contributed by atoms with van der Waals surface area (Å²) in [6, 6.07) is 27.5. The molecule has 0 atom stereocenters. The number of benzene rings is 3. The molecule has 0 aliphatic carbocycles. The zero-order valence-electron chi connectivity index (χ0n) is 22.2. The zero-order valence-corrected chi connectivity index (χ0v) is 22.2. The van der Waals surface area contributed by atoms with Gasteiger partial charge in [-0.2, -0.15) is 0 Å². The number of rotatable bonds is 5. The predicted molar refractivity (Wildman–Crippen MR) is 149 cm³/mol. The third-order valence-corrected chi connectivity index (χ3v) is 7.12. The van der Waals surface area contributed by atoms with Gasteiger partial charge in [-0.15, -0.1) is 0 Å². The van der Waals surface area contributed by atoms with E-state index in [1.807, 2.05) is 0 Å². The molecular weight excluding hydrogens is 428 g/mol. The molecule has 1 N–H and O–H groups in total. The SMILES string of the molecule is Cc1ccccc1N=C(Nc1ccccc1C)N(Cc1ccccc1)N1C(C)(C)CCCC1(C)C. The standard InChI is InChI=1S/C31H40N4/c1-24-15-10-12-19-27(24)32-29(33-28-20-13-11-16-25(28)2)34(23-26-17-8-7-9-18-26)35-30(3,4)21-14-22-31(35,5)6/h7-13,15-20H,14,21-23H2,1-6H3,(H,32,33). The van der Waals surface area contributed by atoms with Gasteiger partial charge in [-0.1, -0.05) is 66.7 Å². The van der Waals surface area contributed by atoms with Gasteiger partial charge in [0.25, 0.3) is 0 Å². The van der Waals surface area contributed by atoms with Crippen LogP contribution in [0.3, 0.4) is 0 Å². The van der Waals surface area contributed by atoms with E-state index < -0.39 is 0 Å². The molecule has 0 unspecified atom stereocenters. The van der Waals surface area contributed by atoms with E-state index in [0.29, 0.717) is 0 Å². The molecule has 1 aliphatic heterocycles. The number of nitrogens with zero attached hydrogens (tertiary/aromatic N) is 3. The van der Waals surface area contributed by atoms with Gasteiger partial charge in [0.1, 0.15) is 0 Å². The van der Waals surface area contributed by atoms with Crippen molar-refractivity contribution in [3.05, 3.63) is 95.6 Å². The van der Waals surface area contributed by atoms with Crippen LogP contribution in [0.25, 0.3) is 0 Å². The lowest BCUT2D eigenvalue weighted by molar-refractivity contribution is -0.150. The maximum Gasteiger partial charge on any atom is 0.218 e. The van der Waals surface area contributed by atoms with Crippen LogP contribution in [-0.4, -0.2) is 27.1 Å². The second-order valence-electron chi connectivity index (χ2n) is 11.0. The highest BCUT2D eigenvalue weighted by Crippen LogP contribution is 2.40. The zero-order chi connectivity index (χ0) is 25.1. The van der Waals surface area contributed by atoms with Crippen molar-refractivity contribution in [2.24, 2.45) is 4.99 Å². The van der Waals surface area contributed by atoms with E-state index in [2.05, 4.69) is 136 Å². The van der Waals surface area contributed by atoms with E-state index in [-0.39, 0.29) is 11.1 Å². The van der Waals surface area contributed by atoms with Gasteiger partial charge in [-0.05, 0) is 89.6 Å². The average molecular weight is 469 g/mol. The number of hydrogen-bond donors (Lipinski definition) is 1. The minimum atomic E-state index is -0.0174. The highest BCUT2D eigenvalue weighted by Gasteiger charge is 2.45. The van der Waals surface area contributed by atoms with Gasteiger partial charge in [0, 0.05) is 16.8 Å². The Morgan fingerprint density at radius 2 is 1.37 bits per heavy atom. The minimum absolute atomic E-state index is 0.0174. The quantitative estimate of drug-likeness (QED) is 0.305. The van der Waals surface area contributed by atoms with Gasteiger partial charge < -0.3 is 5.32 Å². The number of aliphatic imine (C=N–C) groups is 1. The van der Waals surface area contributed by atoms with Crippen molar-refractivity contribution in [2.75, 3.05) is 5.32 Å². The number of guanidine groups is 1. The van der Waals surface area contributed by atoms with Crippen LogP contribution in [0, 0.1) is 13.8 Å². The van der Waals surface area contributed by atoms with Gasteiger partial charge in [-0.25, -0.2) is 10.0 Å². The van der Waals surface area contributed by atoms with Gasteiger partial charge in [0.15, 0.2) is 0 Å². The van der Waals surface area contributed by atoms with Gasteiger partial charge in [0.2, 0.25) is 5.96 Å². The van der Waals surface area contributed by atoms with Gasteiger partial charge in [-0.3, -0.25) is 5.01 Å². The first-order valence-electron chi connectivity index (χ1n) is 12.8. The van der Waals surface area contributed by atoms with Crippen molar-refractivity contribution >= 4 is 17.3 Å². The second kappa shape index (κ2) is 10.2. The molecule has 1 fully saturated rings. The number of aryl methyl sites for hydroxylation is 2. The number of anilines is 1. The van der Waals surface area contributed by atoms with Gasteiger partial charge >= 0.3 is 0 Å². The number of piperidine rings is 1. The van der Waals surface area contributed by atoms with Gasteiger partial charge in [0.05, 0.1) is 12.2 Å². The maximum atomic E-state index is 5.29. The van der Waals surface area contributed by atoms with Crippen LogP contribution >= 0.6 is 0 Å². The Hall–Kier alpha value is -3.11. The van der Waals surface area contributed by atoms with Crippen LogP contribution in [0.2, 0.25) is 0 Å². The molecule has 0 radical (unpaired) electrons. The third-order valence-electron chi connectivity index (χ3n) is 7.12. The normalized spacial score (nSPS) is 17.7. The third kappa shape index (κ3) is 5.76. The first-order chi connectivity index (χ1) is 16.7. The Labute approximate surface area is 211 Å². The molecule has 3 aromatic rings. The lowest BCUT2D eigenvalue weighted by atomic mass is 9.81. The fraction of sp³-hybridized carbons (Fsp3) is 0.387. The molecule has 4 rings (SSSR count). The first-order valence-corrected chi connectivity index (χ1v) is 12.8. The van der Waals surface area contributed by atoms with E-state index in [1.54, 1.807) is 0 Å². The molecule has 184 valence electrons. The highest BCUT2D eigenvalue weighted by atomic mass is 15.7. The molecule has 0 bridgehead atoms. The molecule has 0 aromatic heterocycles. The molecular formula is C31H40N4. The molecule has 4 heteroatoms. The Bertz CT molecular complexity index is 1150. The molecule has 1 heterocycles. The number of hydrogen-bond acceptors (Lipinski definition) is 2. The molecule has 0 saturated carbocycles. The lowest BCUT2D eigenvalue weighted by Crippen LogP contribution is -2.67. The smallest absolute Gasteiger partial charge is 0.218 e. The molecule has 4 nitrogen and oxygen atoms in total. The maximum absolute atomic E-state index is 5.29. The average Bonchev–Trinajstić information content (AvgIpc) is 2.80. The summed E-state index contributed by atoms with van der Waals surface area (Å²) in [5.41, 5.74) is 5.64. The fourth-order valence-corrected chi connectivity index (χ4v) is 5.42. The van der Waals surface area contributed by atoms with Crippen molar-refractivity contribution in [1.82, 2.24) is 10.0 Å². The molecule has 1 aliphatic rings. The Balaban J connectivity index is 1.89. The summed E-state index contributed by atoms with van der Waals surface area (Å²) in [6.07, 6.45) is 3.51. The molecule has 1 saturated heterocycles. The summed E-state index contributed by atoms with van der Waals surface area (Å²) >= 11 is 0. The summed E-state index contributed by atoms with van der Waals surface area (Å²) in [6.45, 7) is 14.5. The van der Waals surface area contributed by atoms with Crippen LogP contribution in [0.15, 0.2) is 83.9 Å². The summed E-state index contributed by atoms with van der Waals surface area (Å²) in [5.74, 6) is 0.848. The summed E-state index contributed by atoms with van der Waals surface area (Å²) in [4.78, 5) is 5.29. The van der Waals surface area contributed by atoms with E-state index in [9.17, 15) is 0 Å². The van der Waals surface area contributed by atoms with Crippen molar-refractivity contribution in [3.8, 4) is 0 Å². The van der Waals surface area contributed by atoms with Crippen LogP contribution in [-0.2, 0) is 6.54 Å². The molecule has 0 amide bonds. The molecule has 3 aromatic carbocycles. The summed E-state index contributed by atoms with van der Waals surface area (Å²) in [7, 11) is 0. The van der Waals surface area contributed by atoms with Crippen LogP contribution in [0.1, 0.15) is 63.6 Å². The second-order valence-corrected chi connectivity index (χ2v) is 11.0. The Morgan fingerprint density at radius 1 is 0.800 bits per heavy atom. The van der Waals surface area contributed by atoms with E-state index >= 15 is 0 Å². The van der Waals surface area contributed by atoms with Crippen LogP contribution < -0.4 is 5.32 Å². The minimum Gasteiger partial charge on any atom is -0.325 e. The van der Waals surface area contributed by atoms with E-state index in [1.165, 1.54) is 17.5 Å². The van der Waals surface area contributed by atoms with Crippen molar-refractivity contribution in [1.29, 1.82) is 0 Å². The molecule has 35 heavy (non-hydrogen) atoms. The van der Waals surface area contributed by atoms with E-state index in [0.717, 1.165) is 42.3 Å². The Morgan fingerprint density at radius 3 is 2.00 bits per heavy atom. The number of para-hydroxylation sites is 2. The van der Waals surface area contributed by atoms with Crippen LogP contribution in [0.4, 0.5) is 11.4 Å². The topological polar surface area (TPSA) is 30.9 Å². The number of hydrazine groups is 1. The van der Waals surface area contributed by atoms with Crippen molar-refractivity contribution in [3.63, 3.8) is 0 Å². The predicted octanol–water partition coefficient (Wildman–Crippen LogP) is 7.86. The van der Waals surface area contributed by atoms with Crippen molar-refractivity contribution < 1.29 is 0 Å². The largest absolute Gasteiger partial charge is 0.325 e. The molecule has 0 spiro atoms. The summed E-state index contributed by atoms with van der Waals surface area (Å²) in [5, 5.41) is 8.73. The van der Waals surface area contributed by atoms with E-state index in [4.69, 9.17) is 4.99 Å². The van der Waals surface area contributed by atoms with Crippen LogP contribution in [0.5, 0.6) is 0 Å². The highest BCUT2D eigenvalue weighted by molar-refractivity contribution is 5.96. The number of nitrogens with one attached hydrogen (secondary N) is 1. The Kier molecular flexibility index (Phi) is 7.32. The monoisotopic (exact) mass is 468 g/mol. The lowest BCUT2D eigenvalue weighted by Gasteiger charge is -2.57. The fourth-order valence-electron chi connectivity index (χ4n) is 5.42. The summed E-state index contributed by atoms with van der Waals surface area (Å²) < 4.78 is 0.